The van der Waals surface area contributed by atoms with Gasteiger partial charge in [0.2, 0.25) is 10.0 Å². The zero-order valence-electron chi connectivity index (χ0n) is 16.7. The summed E-state index contributed by atoms with van der Waals surface area (Å²) in [6.07, 6.45) is -0.325. The van der Waals surface area contributed by atoms with Crippen LogP contribution >= 0.6 is 0 Å². The van der Waals surface area contributed by atoms with Crippen LogP contribution < -0.4 is 4.72 Å². The van der Waals surface area contributed by atoms with E-state index in [0.29, 0.717) is 23.5 Å². The van der Waals surface area contributed by atoms with E-state index >= 15 is 0 Å². The van der Waals surface area contributed by atoms with Crippen molar-refractivity contribution in [2.75, 3.05) is 0 Å². The first-order chi connectivity index (χ1) is 15.0. The van der Waals surface area contributed by atoms with Crippen LogP contribution in [0, 0.1) is 17.1 Å². The lowest BCUT2D eigenvalue weighted by Gasteiger charge is -2.29. The molecule has 3 aromatic rings. The summed E-state index contributed by atoms with van der Waals surface area (Å²) in [5.41, 5.74) is 1.09. The molecule has 168 valence electrons. The van der Waals surface area contributed by atoms with Gasteiger partial charge in [0.25, 0.3) is 0 Å². The molecule has 1 aliphatic rings. The zero-order chi connectivity index (χ0) is 23.3. The molecule has 4 rings (SSSR count). The van der Waals surface area contributed by atoms with Gasteiger partial charge < -0.3 is 4.57 Å². The number of nitrogens with one attached hydrogen (secondary N) is 1. The van der Waals surface area contributed by atoms with Crippen molar-refractivity contribution in [2.24, 2.45) is 0 Å². The first-order valence-corrected chi connectivity index (χ1v) is 11.2. The van der Waals surface area contributed by atoms with Gasteiger partial charge in [0.1, 0.15) is 28.5 Å². The van der Waals surface area contributed by atoms with E-state index < -0.39 is 33.0 Å². The Balaban J connectivity index is 1.80. The number of aromatic nitrogens is 3. The van der Waals surface area contributed by atoms with E-state index in [2.05, 4.69) is 16.0 Å². The van der Waals surface area contributed by atoms with Crippen LogP contribution in [0.3, 0.4) is 0 Å². The van der Waals surface area contributed by atoms with Crippen LogP contribution in [0.5, 0.6) is 0 Å². The standard InChI is InChI=1S/C20H17F4N5O2S/c1-11(20(22,23)24)28-32(30,31)14-9-26-19(27-10-14)18-16(8-25)15-7-12(21)5-6-17(15)29(18)13-3-2-4-13/h5-7,9-11,13,28H,2-4H2,1H3/t11-/m0/s1. The highest BCUT2D eigenvalue weighted by atomic mass is 32.2. The number of sulfonamides is 1. The van der Waals surface area contributed by atoms with Crippen LogP contribution in [-0.2, 0) is 10.0 Å². The number of nitrogens with zero attached hydrogens (tertiary/aromatic N) is 4. The smallest absolute Gasteiger partial charge is 0.334 e. The molecule has 0 radical (unpaired) electrons. The van der Waals surface area contributed by atoms with Crippen molar-refractivity contribution in [3.05, 3.63) is 42.0 Å². The molecule has 32 heavy (non-hydrogen) atoms. The molecule has 2 aromatic heterocycles. The number of halogens is 4. The average Bonchev–Trinajstić information content (AvgIpc) is 2.99. The Morgan fingerprint density at radius 2 is 1.91 bits per heavy atom. The van der Waals surface area contributed by atoms with Crippen molar-refractivity contribution < 1.29 is 26.0 Å². The average molecular weight is 467 g/mol. The maximum atomic E-state index is 13.9. The number of fused-ring (bicyclic) bond motifs is 1. The number of hydrogen-bond donors (Lipinski definition) is 1. The van der Waals surface area contributed by atoms with Crippen LogP contribution in [-0.4, -0.2) is 35.2 Å². The molecule has 0 aliphatic heterocycles. The van der Waals surface area contributed by atoms with Crippen LogP contribution in [0.4, 0.5) is 17.6 Å². The predicted molar refractivity (Wildman–Crippen MR) is 106 cm³/mol. The van der Waals surface area contributed by atoms with Crippen molar-refractivity contribution in [3.8, 4) is 17.6 Å². The molecule has 1 atom stereocenters. The summed E-state index contributed by atoms with van der Waals surface area (Å²) in [6.45, 7) is 0.683. The summed E-state index contributed by atoms with van der Waals surface area (Å²) in [5, 5.41) is 10.1. The normalized spacial score (nSPS) is 16.0. The molecule has 0 bridgehead atoms. The fourth-order valence-corrected chi connectivity index (χ4v) is 4.71. The largest absolute Gasteiger partial charge is 0.404 e. The Morgan fingerprint density at radius 1 is 1.25 bits per heavy atom. The number of hydrogen-bond acceptors (Lipinski definition) is 5. The Labute approximate surface area is 180 Å². The topological polar surface area (TPSA) is 101 Å². The highest BCUT2D eigenvalue weighted by molar-refractivity contribution is 7.89. The second-order valence-corrected chi connectivity index (χ2v) is 9.29. The lowest BCUT2D eigenvalue weighted by atomic mass is 9.92. The number of benzene rings is 1. The maximum Gasteiger partial charge on any atom is 0.404 e. The van der Waals surface area contributed by atoms with Crippen molar-refractivity contribution in [3.63, 3.8) is 0 Å². The Morgan fingerprint density at radius 3 is 2.44 bits per heavy atom. The van der Waals surface area contributed by atoms with Gasteiger partial charge in [-0.05, 0) is 44.4 Å². The van der Waals surface area contributed by atoms with Gasteiger partial charge in [-0.3, -0.25) is 0 Å². The Kier molecular flexibility index (Phi) is 5.42. The van der Waals surface area contributed by atoms with Gasteiger partial charge in [0.05, 0.1) is 23.5 Å². The van der Waals surface area contributed by atoms with Gasteiger partial charge in [-0.15, -0.1) is 0 Å². The van der Waals surface area contributed by atoms with E-state index in [-0.39, 0.29) is 17.4 Å². The van der Waals surface area contributed by atoms with Gasteiger partial charge in [-0.2, -0.15) is 23.2 Å². The van der Waals surface area contributed by atoms with E-state index in [0.717, 1.165) is 31.7 Å². The first-order valence-electron chi connectivity index (χ1n) is 9.68. The number of nitriles is 1. The maximum absolute atomic E-state index is 13.9. The molecule has 0 saturated heterocycles. The van der Waals surface area contributed by atoms with Crippen molar-refractivity contribution in [2.45, 2.75) is 49.3 Å². The highest BCUT2D eigenvalue weighted by Gasteiger charge is 2.39. The van der Waals surface area contributed by atoms with E-state index in [1.807, 2.05) is 4.57 Å². The lowest BCUT2D eigenvalue weighted by Crippen LogP contribution is -2.43. The second kappa shape index (κ2) is 7.83. The zero-order valence-corrected chi connectivity index (χ0v) is 17.5. The molecule has 1 N–H and O–H groups in total. The minimum absolute atomic E-state index is 0.0212. The molecule has 12 heteroatoms. The number of alkyl halides is 3. The summed E-state index contributed by atoms with van der Waals surface area (Å²) < 4.78 is 80.0. The SMILES string of the molecule is C[C@H](NS(=O)(=O)c1cnc(-c2c(C#N)c3cc(F)ccc3n2C2CCC2)nc1)C(F)(F)F. The summed E-state index contributed by atoms with van der Waals surface area (Å²) in [6, 6.07) is 3.89. The summed E-state index contributed by atoms with van der Waals surface area (Å²) in [4.78, 5) is 7.52. The summed E-state index contributed by atoms with van der Waals surface area (Å²) >= 11 is 0. The molecule has 2 heterocycles. The predicted octanol–water partition coefficient (Wildman–Crippen LogP) is 4.06. The number of rotatable bonds is 5. The van der Waals surface area contributed by atoms with Crippen molar-refractivity contribution in [1.82, 2.24) is 19.3 Å². The van der Waals surface area contributed by atoms with Gasteiger partial charge in [-0.25, -0.2) is 22.8 Å². The van der Waals surface area contributed by atoms with Gasteiger partial charge in [-0.1, -0.05) is 0 Å². The van der Waals surface area contributed by atoms with E-state index in [1.165, 1.54) is 16.9 Å². The van der Waals surface area contributed by atoms with Crippen molar-refractivity contribution in [1.29, 1.82) is 5.26 Å². The minimum atomic E-state index is -4.76. The van der Waals surface area contributed by atoms with Crippen LogP contribution in [0.15, 0.2) is 35.5 Å². The molecular weight excluding hydrogens is 450 g/mol. The van der Waals surface area contributed by atoms with Crippen molar-refractivity contribution >= 4 is 20.9 Å². The molecule has 1 aliphatic carbocycles. The minimum Gasteiger partial charge on any atom is -0.334 e. The van der Waals surface area contributed by atoms with Crippen LogP contribution in [0.25, 0.3) is 22.4 Å². The van der Waals surface area contributed by atoms with E-state index in [9.17, 15) is 31.2 Å². The quantitative estimate of drug-likeness (QED) is 0.571. The molecule has 1 aromatic carbocycles. The molecule has 7 nitrogen and oxygen atoms in total. The molecule has 0 spiro atoms. The fourth-order valence-electron chi connectivity index (χ4n) is 3.59. The third-order valence-corrected chi connectivity index (χ3v) is 6.99. The fraction of sp³-hybridized carbons (Fsp3) is 0.350. The van der Waals surface area contributed by atoms with Gasteiger partial charge in [0.15, 0.2) is 5.82 Å². The Bertz CT molecular complexity index is 1320. The lowest BCUT2D eigenvalue weighted by molar-refractivity contribution is -0.147. The van der Waals surface area contributed by atoms with E-state index in [1.54, 1.807) is 6.07 Å². The summed E-state index contributed by atoms with van der Waals surface area (Å²) in [5.74, 6) is -0.494. The third kappa shape index (κ3) is 3.82. The highest BCUT2D eigenvalue weighted by Crippen LogP contribution is 2.41. The third-order valence-electron chi connectivity index (χ3n) is 5.49. The summed E-state index contributed by atoms with van der Waals surface area (Å²) in [7, 11) is -4.52. The monoisotopic (exact) mass is 467 g/mol. The van der Waals surface area contributed by atoms with Gasteiger partial charge in [0, 0.05) is 11.4 Å². The van der Waals surface area contributed by atoms with Crippen LogP contribution in [0.2, 0.25) is 0 Å². The van der Waals surface area contributed by atoms with Gasteiger partial charge >= 0.3 is 6.18 Å². The van der Waals surface area contributed by atoms with Crippen LogP contribution in [0.1, 0.15) is 37.8 Å². The van der Waals surface area contributed by atoms with E-state index in [4.69, 9.17) is 0 Å². The molecule has 0 unspecified atom stereocenters. The second-order valence-electron chi connectivity index (χ2n) is 7.58. The first kappa shape index (κ1) is 22.2. The molecule has 0 amide bonds. The molecule has 1 saturated carbocycles. The molecule has 1 fully saturated rings. The Hall–Kier alpha value is -3.04. The molecular formula is C20H17F4N5O2S.